The summed E-state index contributed by atoms with van der Waals surface area (Å²) >= 11 is 0. The molecule has 0 saturated heterocycles. The van der Waals surface area contributed by atoms with Crippen molar-refractivity contribution in [1.29, 1.82) is 0 Å². The Morgan fingerprint density at radius 2 is 1.88 bits per heavy atom. The number of hydrogen-bond acceptors (Lipinski definition) is 3. The molecule has 3 rings (SSSR count). The molecule has 1 heterocycles. The quantitative estimate of drug-likeness (QED) is 0.876. The molecule has 1 aliphatic rings. The van der Waals surface area contributed by atoms with Crippen LogP contribution in [-0.4, -0.2) is 17.6 Å². The number of carbonyl (C=O) groups is 1. The van der Waals surface area contributed by atoms with Crippen LogP contribution < -0.4 is 15.9 Å². The van der Waals surface area contributed by atoms with Crippen LogP contribution in [0.5, 0.6) is 5.75 Å². The Kier molecular flexibility index (Phi) is 4.69. The summed E-state index contributed by atoms with van der Waals surface area (Å²) in [5, 5.41) is 0. The second-order valence-corrected chi connectivity index (χ2v) is 6.20. The van der Waals surface area contributed by atoms with Crippen LogP contribution in [0.4, 0.5) is 0 Å². The van der Waals surface area contributed by atoms with Gasteiger partial charge in [0.25, 0.3) is 5.91 Å². The van der Waals surface area contributed by atoms with Crippen molar-refractivity contribution >= 4 is 5.91 Å². The average Bonchev–Trinajstić information content (AvgIpc) is 2.84. The Balaban J connectivity index is 2.06. The van der Waals surface area contributed by atoms with Gasteiger partial charge in [-0.15, -0.1) is 0 Å². The third-order valence-electron chi connectivity index (χ3n) is 4.62. The first-order valence-corrected chi connectivity index (χ1v) is 8.28. The van der Waals surface area contributed by atoms with E-state index in [1.165, 1.54) is 0 Å². The molecule has 0 spiro atoms. The van der Waals surface area contributed by atoms with Gasteiger partial charge >= 0.3 is 0 Å². The van der Waals surface area contributed by atoms with Crippen molar-refractivity contribution in [2.24, 2.45) is 5.73 Å². The van der Waals surface area contributed by atoms with Crippen LogP contribution >= 0.6 is 0 Å². The fourth-order valence-electron chi connectivity index (χ4n) is 3.33. The lowest BCUT2D eigenvalue weighted by Gasteiger charge is -2.17. The van der Waals surface area contributed by atoms with E-state index in [0.29, 0.717) is 6.54 Å². The largest absolute Gasteiger partial charge is 0.497 e. The van der Waals surface area contributed by atoms with Crippen LogP contribution in [0.15, 0.2) is 35.3 Å². The number of carbonyl (C=O) groups excluding carboxylic acids is 1. The normalized spacial score (nSPS) is 13.9. The second kappa shape index (κ2) is 6.91. The van der Waals surface area contributed by atoms with Gasteiger partial charge in [0.2, 0.25) is 0 Å². The first-order chi connectivity index (χ1) is 11.6. The molecule has 0 aliphatic heterocycles. The molecule has 0 bridgehead atoms. The number of methoxy groups -OCH3 is 1. The van der Waals surface area contributed by atoms with Gasteiger partial charge in [0.05, 0.1) is 7.11 Å². The van der Waals surface area contributed by atoms with Gasteiger partial charge in [0, 0.05) is 24.0 Å². The lowest BCUT2D eigenvalue weighted by atomic mass is 10.0. The third-order valence-corrected chi connectivity index (χ3v) is 4.62. The van der Waals surface area contributed by atoms with Crippen molar-refractivity contribution < 1.29 is 9.53 Å². The van der Waals surface area contributed by atoms with E-state index in [0.717, 1.165) is 54.7 Å². The lowest BCUT2D eigenvalue weighted by Crippen LogP contribution is -2.28. The Bertz CT molecular complexity index is 807. The number of hydrogen-bond donors (Lipinski definition) is 1. The van der Waals surface area contributed by atoms with E-state index in [1.54, 1.807) is 13.3 Å². The number of aromatic nitrogens is 1. The highest BCUT2D eigenvalue weighted by atomic mass is 16.5. The summed E-state index contributed by atoms with van der Waals surface area (Å²) in [5.41, 5.74) is 8.20. The molecule has 0 unspecified atom stereocenters. The Labute approximate surface area is 141 Å². The molecule has 0 radical (unpaired) electrons. The summed E-state index contributed by atoms with van der Waals surface area (Å²) in [6.07, 6.45) is 6.34. The number of nitrogens with zero attached hydrogens (tertiary/aromatic N) is 1. The molecule has 5 heteroatoms. The van der Waals surface area contributed by atoms with Crippen molar-refractivity contribution in [1.82, 2.24) is 4.57 Å². The number of benzene rings is 1. The van der Waals surface area contributed by atoms with Gasteiger partial charge in [-0.25, -0.2) is 0 Å². The van der Waals surface area contributed by atoms with Crippen LogP contribution in [0.1, 0.15) is 46.4 Å². The summed E-state index contributed by atoms with van der Waals surface area (Å²) in [7, 11) is 1.63. The molecule has 0 fully saturated rings. The summed E-state index contributed by atoms with van der Waals surface area (Å²) in [6.45, 7) is 0.604. The molecule has 5 nitrogen and oxygen atoms in total. The smallest absolute Gasteiger partial charge is 0.254 e. The van der Waals surface area contributed by atoms with Crippen LogP contribution in [0.3, 0.4) is 0 Å². The molecule has 0 atom stereocenters. The van der Waals surface area contributed by atoms with E-state index in [-0.39, 0.29) is 11.0 Å². The van der Waals surface area contributed by atoms with Crippen LogP contribution in [0, 0.1) is 0 Å². The van der Waals surface area contributed by atoms with Gasteiger partial charge in [-0.05, 0) is 43.4 Å². The van der Waals surface area contributed by atoms with Gasteiger partial charge in [0.15, 0.2) is 5.43 Å². The molecule has 1 aliphatic carbocycles. The lowest BCUT2D eigenvalue weighted by molar-refractivity contribution is 0.0998. The van der Waals surface area contributed by atoms with E-state index in [9.17, 15) is 9.59 Å². The SMILES string of the molecule is COc1ccc(Cn2cc(C(N)=O)c(=O)c3c2CCCCC3)cc1. The summed E-state index contributed by atoms with van der Waals surface area (Å²) in [4.78, 5) is 24.2. The number of rotatable bonds is 4. The number of ether oxygens (including phenoxy) is 1. The summed E-state index contributed by atoms with van der Waals surface area (Å²) in [5.74, 6) is 0.144. The maximum atomic E-state index is 12.6. The predicted octanol–water partition coefficient (Wildman–Crippen LogP) is 2.27. The van der Waals surface area contributed by atoms with Gasteiger partial charge < -0.3 is 15.0 Å². The van der Waals surface area contributed by atoms with Gasteiger partial charge in [-0.3, -0.25) is 9.59 Å². The topological polar surface area (TPSA) is 74.3 Å². The van der Waals surface area contributed by atoms with Crippen molar-refractivity contribution in [3.63, 3.8) is 0 Å². The molecule has 2 aromatic rings. The zero-order valence-electron chi connectivity index (χ0n) is 13.9. The standard InChI is InChI=1S/C19H22N2O3/c1-24-14-9-7-13(8-10-14)11-21-12-16(19(20)23)18(22)15-5-3-2-4-6-17(15)21/h7-10,12H,2-6,11H2,1H3,(H2,20,23). The van der Waals surface area contributed by atoms with E-state index in [2.05, 4.69) is 0 Å². The highest BCUT2D eigenvalue weighted by Crippen LogP contribution is 2.21. The Morgan fingerprint density at radius 1 is 1.17 bits per heavy atom. The minimum Gasteiger partial charge on any atom is -0.497 e. The molecule has 1 amide bonds. The van der Waals surface area contributed by atoms with E-state index >= 15 is 0 Å². The van der Waals surface area contributed by atoms with Crippen LogP contribution in [-0.2, 0) is 19.4 Å². The fraction of sp³-hybridized carbons (Fsp3) is 0.368. The number of primary amides is 1. The highest BCUT2D eigenvalue weighted by Gasteiger charge is 2.20. The molecular weight excluding hydrogens is 304 g/mol. The first-order valence-electron chi connectivity index (χ1n) is 8.28. The van der Waals surface area contributed by atoms with Gasteiger partial charge in [-0.1, -0.05) is 18.6 Å². The summed E-state index contributed by atoms with van der Waals surface area (Å²) < 4.78 is 7.20. The van der Waals surface area contributed by atoms with Gasteiger partial charge in [0.1, 0.15) is 11.3 Å². The third kappa shape index (κ3) is 3.20. The molecule has 1 aromatic carbocycles. The molecule has 0 saturated carbocycles. The van der Waals surface area contributed by atoms with E-state index in [1.807, 2.05) is 28.8 Å². The van der Waals surface area contributed by atoms with Gasteiger partial charge in [-0.2, -0.15) is 0 Å². The monoisotopic (exact) mass is 326 g/mol. The molecule has 2 N–H and O–H groups in total. The number of fused-ring (bicyclic) bond motifs is 1. The zero-order chi connectivity index (χ0) is 17.1. The fourth-order valence-corrected chi connectivity index (χ4v) is 3.33. The summed E-state index contributed by atoms with van der Waals surface area (Å²) in [6, 6.07) is 7.80. The second-order valence-electron chi connectivity index (χ2n) is 6.20. The minimum absolute atomic E-state index is 0.0872. The molecule has 24 heavy (non-hydrogen) atoms. The number of nitrogens with two attached hydrogens (primary N) is 1. The Hall–Kier alpha value is -2.56. The number of pyridine rings is 1. The minimum atomic E-state index is -0.657. The van der Waals surface area contributed by atoms with Crippen molar-refractivity contribution in [3.8, 4) is 5.75 Å². The molecule has 1 aromatic heterocycles. The van der Waals surface area contributed by atoms with E-state index in [4.69, 9.17) is 10.5 Å². The van der Waals surface area contributed by atoms with Crippen LogP contribution in [0.25, 0.3) is 0 Å². The maximum Gasteiger partial charge on any atom is 0.254 e. The van der Waals surface area contributed by atoms with Crippen molar-refractivity contribution in [2.45, 2.75) is 38.6 Å². The van der Waals surface area contributed by atoms with Crippen LogP contribution in [0.2, 0.25) is 0 Å². The average molecular weight is 326 g/mol. The first kappa shape index (κ1) is 16.3. The predicted molar refractivity (Wildman–Crippen MR) is 92.6 cm³/mol. The molecular formula is C19H22N2O3. The molecule has 126 valence electrons. The van der Waals surface area contributed by atoms with Crippen molar-refractivity contribution in [2.75, 3.05) is 7.11 Å². The highest BCUT2D eigenvalue weighted by molar-refractivity contribution is 5.92. The number of amides is 1. The van der Waals surface area contributed by atoms with Crippen molar-refractivity contribution in [3.05, 3.63) is 63.1 Å². The van der Waals surface area contributed by atoms with E-state index < -0.39 is 5.91 Å². The maximum absolute atomic E-state index is 12.6. The zero-order valence-corrected chi connectivity index (χ0v) is 13.9. The Morgan fingerprint density at radius 3 is 2.54 bits per heavy atom.